The van der Waals surface area contributed by atoms with Crippen LogP contribution in [-0.2, 0) is 14.4 Å². The molecule has 0 unspecified atom stereocenters. The van der Waals surface area contributed by atoms with Crippen LogP contribution >= 0.6 is 0 Å². The van der Waals surface area contributed by atoms with Crippen LogP contribution in [0, 0.1) is 0 Å². The molecule has 8 nitrogen and oxygen atoms in total. The molecular formula is C8H15N3O5. The zero-order valence-corrected chi connectivity index (χ0v) is 8.60. The van der Waals surface area contributed by atoms with Crippen LogP contribution in [0.1, 0.15) is 6.42 Å². The smallest absolute Gasteiger partial charge is 0.326 e. The third kappa shape index (κ3) is 6.74. The lowest BCUT2D eigenvalue weighted by atomic mass is 10.2. The molecule has 6 N–H and O–H groups in total. The standard InChI is InChI=1S/C8H15N3O5/c9-1-2-10-4-6(12)11-5(8(15)16)3-7(13)14/h5,10H,1-4,9H2,(H,11,12)(H,13,14)(H,15,16)/t5-/m0/s1. The van der Waals surface area contributed by atoms with E-state index < -0.39 is 30.3 Å². The Morgan fingerprint density at radius 1 is 1.25 bits per heavy atom. The number of carboxylic acids is 2. The fourth-order valence-electron chi connectivity index (χ4n) is 0.924. The molecule has 0 saturated heterocycles. The van der Waals surface area contributed by atoms with Crippen molar-refractivity contribution in [3.63, 3.8) is 0 Å². The predicted octanol–water partition coefficient (Wildman–Crippen LogP) is -2.42. The minimum Gasteiger partial charge on any atom is -0.481 e. The number of nitrogens with two attached hydrogens (primary N) is 1. The van der Waals surface area contributed by atoms with Crippen LogP contribution in [0.3, 0.4) is 0 Å². The van der Waals surface area contributed by atoms with Gasteiger partial charge in [-0.1, -0.05) is 0 Å². The van der Waals surface area contributed by atoms with Gasteiger partial charge < -0.3 is 26.6 Å². The first-order valence-electron chi connectivity index (χ1n) is 4.62. The first-order chi connectivity index (χ1) is 7.47. The first-order valence-corrected chi connectivity index (χ1v) is 4.62. The molecule has 0 aromatic carbocycles. The van der Waals surface area contributed by atoms with Crippen LogP contribution in [0.25, 0.3) is 0 Å². The number of carbonyl (C=O) groups is 3. The maximum atomic E-state index is 11.1. The van der Waals surface area contributed by atoms with Crippen molar-refractivity contribution in [2.24, 2.45) is 5.73 Å². The quantitative estimate of drug-likeness (QED) is 0.294. The molecule has 0 aliphatic carbocycles. The van der Waals surface area contributed by atoms with E-state index in [9.17, 15) is 14.4 Å². The average Bonchev–Trinajstić information content (AvgIpc) is 2.16. The van der Waals surface area contributed by atoms with Gasteiger partial charge in [0.05, 0.1) is 13.0 Å². The summed E-state index contributed by atoms with van der Waals surface area (Å²) >= 11 is 0. The molecule has 0 saturated carbocycles. The van der Waals surface area contributed by atoms with Crippen molar-refractivity contribution in [3.05, 3.63) is 0 Å². The SMILES string of the molecule is NCCNCC(=O)N[C@@H](CC(=O)O)C(=O)O. The van der Waals surface area contributed by atoms with E-state index in [1.54, 1.807) is 0 Å². The minimum absolute atomic E-state index is 0.0966. The maximum absolute atomic E-state index is 11.1. The Morgan fingerprint density at radius 3 is 2.31 bits per heavy atom. The molecule has 0 spiro atoms. The summed E-state index contributed by atoms with van der Waals surface area (Å²) in [6, 6.07) is -1.41. The highest BCUT2D eigenvalue weighted by Crippen LogP contribution is 1.92. The van der Waals surface area contributed by atoms with Gasteiger partial charge >= 0.3 is 11.9 Å². The fourth-order valence-corrected chi connectivity index (χ4v) is 0.924. The van der Waals surface area contributed by atoms with Gasteiger partial charge in [-0.25, -0.2) is 4.79 Å². The van der Waals surface area contributed by atoms with Crippen molar-refractivity contribution >= 4 is 17.8 Å². The van der Waals surface area contributed by atoms with Gasteiger partial charge in [0.25, 0.3) is 0 Å². The van der Waals surface area contributed by atoms with Crippen LogP contribution < -0.4 is 16.4 Å². The lowest BCUT2D eigenvalue weighted by molar-refractivity contribution is -0.147. The zero-order chi connectivity index (χ0) is 12.6. The predicted molar refractivity (Wildman–Crippen MR) is 53.7 cm³/mol. The second kappa shape index (κ2) is 7.60. The van der Waals surface area contributed by atoms with Gasteiger partial charge in [-0.15, -0.1) is 0 Å². The van der Waals surface area contributed by atoms with E-state index in [1.807, 2.05) is 0 Å². The summed E-state index contributed by atoms with van der Waals surface area (Å²) in [5.74, 6) is -3.25. The van der Waals surface area contributed by atoms with Crippen molar-refractivity contribution in [1.29, 1.82) is 0 Å². The molecule has 0 aliphatic heterocycles. The minimum atomic E-state index is -1.41. The van der Waals surface area contributed by atoms with Crippen LogP contribution in [0.15, 0.2) is 0 Å². The van der Waals surface area contributed by atoms with Crippen LogP contribution in [-0.4, -0.2) is 53.7 Å². The Hall–Kier alpha value is -1.67. The van der Waals surface area contributed by atoms with E-state index in [0.29, 0.717) is 13.1 Å². The molecule has 0 bridgehead atoms. The van der Waals surface area contributed by atoms with Crippen molar-refractivity contribution in [2.45, 2.75) is 12.5 Å². The normalized spacial score (nSPS) is 11.8. The molecule has 0 radical (unpaired) electrons. The van der Waals surface area contributed by atoms with Crippen molar-refractivity contribution in [1.82, 2.24) is 10.6 Å². The Morgan fingerprint density at radius 2 is 1.88 bits per heavy atom. The summed E-state index contributed by atoms with van der Waals surface area (Å²) < 4.78 is 0. The van der Waals surface area contributed by atoms with E-state index in [2.05, 4.69) is 10.6 Å². The van der Waals surface area contributed by atoms with Gasteiger partial charge in [-0.05, 0) is 0 Å². The summed E-state index contributed by atoms with van der Waals surface area (Å²) in [4.78, 5) is 32.0. The molecule has 0 aliphatic rings. The third-order valence-electron chi connectivity index (χ3n) is 1.62. The number of carbonyl (C=O) groups excluding carboxylic acids is 1. The highest BCUT2D eigenvalue weighted by molar-refractivity contribution is 5.87. The Balaban J connectivity index is 4.03. The highest BCUT2D eigenvalue weighted by atomic mass is 16.4. The molecule has 16 heavy (non-hydrogen) atoms. The second-order valence-electron chi connectivity index (χ2n) is 3.02. The molecule has 0 fully saturated rings. The Bertz CT molecular complexity index is 268. The van der Waals surface area contributed by atoms with E-state index in [-0.39, 0.29) is 6.54 Å². The number of carboxylic acid groups (broad SMARTS) is 2. The van der Waals surface area contributed by atoms with Crippen molar-refractivity contribution in [3.8, 4) is 0 Å². The lowest BCUT2D eigenvalue weighted by Gasteiger charge is -2.12. The molecule has 1 amide bonds. The number of nitrogens with one attached hydrogen (secondary N) is 2. The summed E-state index contributed by atoms with van der Waals surface area (Å²) in [5, 5.41) is 21.8. The van der Waals surface area contributed by atoms with E-state index in [4.69, 9.17) is 15.9 Å². The first kappa shape index (κ1) is 14.3. The van der Waals surface area contributed by atoms with Gasteiger partial charge in [-0.3, -0.25) is 9.59 Å². The average molecular weight is 233 g/mol. The maximum Gasteiger partial charge on any atom is 0.326 e. The topological polar surface area (TPSA) is 142 Å². The van der Waals surface area contributed by atoms with Crippen molar-refractivity contribution < 1.29 is 24.6 Å². The monoisotopic (exact) mass is 233 g/mol. The number of rotatable bonds is 8. The molecule has 8 heteroatoms. The van der Waals surface area contributed by atoms with E-state index >= 15 is 0 Å². The van der Waals surface area contributed by atoms with Crippen molar-refractivity contribution in [2.75, 3.05) is 19.6 Å². The van der Waals surface area contributed by atoms with Crippen LogP contribution in [0.4, 0.5) is 0 Å². The van der Waals surface area contributed by atoms with Crippen LogP contribution in [0.5, 0.6) is 0 Å². The Kier molecular flexibility index (Phi) is 6.81. The lowest BCUT2D eigenvalue weighted by Crippen LogP contribution is -2.46. The molecule has 0 aromatic rings. The van der Waals surface area contributed by atoms with E-state index in [1.165, 1.54) is 0 Å². The summed E-state index contributed by atoms with van der Waals surface area (Å²) in [7, 11) is 0. The highest BCUT2D eigenvalue weighted by Gasteiger charge is 2.22. The molecule has 0 aromatic heterocycles. The van der Waals surface area contributed by atoms with Gasteiger partial charge in [0, 0.05) is 13.1 Å². The molecule has 1 atom stereocenters. The van der Waals surface area contributed by atoms with Crippen LogP contribution in [0.2, 0.25) is 0 Å². The molecule has 92 valence electrons. The second-order valence-corrected chi connectivity index (χ2v) is 3.02. The summed E-state index contributed by atoms with van der Waals surface area (Å²) in [5.41, 5.74) is 5.16. The molecule has 0 rings (SSSR count). The Labute approximate surface area is 91.8 Å². The van der Waals surface area contributed by atoms with E-state index in [0.717, 1.165) is 0 Å². The largest absolute Gasteiger partial charge is 0.481 e. The number of hydrogen-bond acceptors (Lipinski definition) is 5. The van der Waals surface area contributed by atoms with Gasteiger partial charge in [0.2, 0.25) is 5.91 Å². The summed E-state index contributed by atoms with van der Waals surface area (Å²) in [6.07, 6.45) is -0.655. The number of amides is 1. The number of hydrogen-bond donors (Lipinski definition) is 5. The van der Waals surface area contributed by atoms with Gasteiger partial charge in [-0.2, -0.15) is 0 Å². The summed E-state index contributed by atoms with van der Waals surface area (Å²) in [6.45, 7) is 0.676. The van der Waals surface area contributed by atoms with Gasteiger partial charge in [0.1, 0.15) is 6.04 Å². The zero-order valence-electron chi connectivity index (χ0n) is 8.60. The third-order valence-corrected chi connectivity index (χ3v) is 1.62. The molecule has 0 heterocycles. The van der Waals surface area contributed by atoms with Gasteiger partial charge in [0.15, 0.2) is 0 Å². The number of aliphatic carboxylic acids is 2. The fraction of sp³-hybridized carbons (Fsp3) is 0.625. The molecular weight excluding hydrogens is 218 g/mol.